The molecule has 0 spiro atoms. The van der Waals surface area contributed by atoms with Crippen LogP contribution < -0.4 is 5.32 Å². The number of aliphatic carboxylic acids is 1. The molecule has 0 radical (unpaired) electrons. The lowest BCUT2D eigenvalue weighted by Gasteiger charge is -2.21. The third-order valence-corrected chi connectivity index (χ3v) is 3.01. The Bertz CT molecular complexity index is 501. The fourth-order valence-electron chi connectivity index (χ4n) is 1.94. The Kier molecular flexibility index (Phi) is 6.61. The number of amides is 1. The van der Waals surface area contributed by atoms with Gasteiger partial charge >= 0.3 is 5.97 Å². The highest BCUT2D eigenvalue weighted by atomic mass is 16.5. The van der Waals surface area contributed by atoms with E-state index in [-0.39, 0.29) is 18.6 Å². The molecular formula is C16H25NO5. The number of ether oxygens (including phenoxy) is 1. The fourth-order valence-corrected chi connectivity index (χ4v) is 1.94. The molecule has 6 nitrogen and oxygen atoms in total. The largest absolute Gasteiger partial charge is 0.480 e. The monoisotopic (exact) mass is 311 g/mol. The number of carbonyl (C=O) groups excluding carboxylic acids is 1. The molecule has 22 heavy (non-hydrogen) atoms. The van der Waals surface area contributed by atoms with Crippen molar-refractivity contribution in [3.05, 3.63) is 23.7 Å². The van der Waals surface area contributed by atoms with Crippen molar-refractivity contribution in [2.24, 2.45) is 0 Å². The molecule has 1 unspecified atom stereocenters. The molecule has 1 aromatic heterocycles. The van der Waals surface area contributed by atoms with E-state index in [4.69, 9.17) is 9.15 Å². The Balaban J connectivity index is 2.64. The van der Waals surface area contributed by atoms with Gasteiger partial charge in [0.2, 0.25) is 0 Å². The lowest BCUT2D eigenvalue weighted by atomic mass is 10.1. The predicted molar refractivity (Wildman–Crippen MR) is 81.9 cm³/mol. The molecule has 0 aliphatic heterocycles. The molecule has 0 aliphatic rings. The van der Waals surface area contributed by atoms with Crippen molar-refractivity contribution in [3.63, 3.8) is 0 Å². The lowest BCUT2D eigenvalue weighted by Crippen LogP contribution is -2.42. The molecule has 1 aromatic rings. The van der Waals surface area contributed by atoms with Crippen molar-refractivity contribution in [1.82, 2.24) is 5.32 Å². The van der Waals surface area contributed by atoms with Crippen LogP contribution in [0, 0.1) is 0 Å². The zero-order valence-electron chi connectivity index (χ0n) is 13.6. The molecule has 1 rings (SSSR count). The first kappa shape index (κ1) is 18.2. The molecule has 0 aliphatic carbocycles. The average molecular weight is 311 g/mol. The van der Waals surface area contributed by atoms with E-state index >= 15 is 0 Å². The number of hydrogen-bond acceptors (Lipinski definition) is 4. The molecule has 0 aromatic carbocycles. The number of carbonyl (C=O) groups is 2. The summed E-state index contributed by atoms with van der Waals surface area (Å²) in [5.74, 6) is -0.929. The van der Waals surface area contributed by atoms with Crippen LogP contribution >= 0.6 is 0 Å². The highest BCUT2D eigenvalue weighted by Gasteiger charge is 2.23. The van der Waals surface area contributed by atoms with Gasteiger partial charge in [0, 0.05) is 19.4 Å². The Morgan fingerprint density at radius 1 is 1.41 bits per heavy atom. The van der Waals surface area contributed by atoms with Crippen molar-refractivity contribution in [3.8, 4) is 0 Å². The second-order valence-corrected chi connectivity index (χ2v) is 6.12. The Morgan fingerprint density at radius 3 is 2.64 bits per heavy atom. The second-order valence-electron chi connectivity index (χ2n) is 6.12. The van der Waals surface area contributed by atoms with Crippen LogP contribution in [0.15, 0.2) is 16.7 Å². The van der Waals surface area contributed by atoms with Gasteiger partial charge in [-0.2, -0.15) is 0 Å². The van der Waals surface area contributed by atoms with Crippen molar-refractivity contribution in [2.75, 3.05) is 6.61 Å². The van der Waals surface area contributed by atoms with Gasteiger partial charge in [0.1, 0.15) is 11.8 Å². The minimum Gasteiger partial charge on any atom is -0.480 e. The van der Waals surface area contributed by atoms with Crippen molar-refractivity contribution in [1.29, 1.82) is 0 Å². The van der Waals surface area contributed by atoms with Crippen LogP contribution in [0.5, 0.6) is 0 Å². The molecule has 1 heterocycles. The van der Waals surface area contributed by atoms with Gasteiger partial charge in [-0.1, -0.05) is 6.92 Å². The zero-order valence-corrected chi connectivity index (χ0v) is 13.6. The summed E-state index contributed by atoms with van der Waals surface area (Å²) in [7, 11) is 0. The van der Waals surface area contributed by atoms with E-state index in [1.54, 1.807) is 6.07 Å². The highest BCUT2D eigenvalue weighted by molar-refractivity contribution is 5.97. The van der Waals surface area contributed by atoms with Crippen LogP contribution in [0.25, 0.3) is 0 Å². The minimum atomic E-state index is -1.08. The van der Waals surface area contributed by atoms with Gasteiger partial charge in [0.05, 0.1) is 17.4 Å². The van der Waals surface area contributed by atoms with Gasteiger partial charge in [-0.15, -0.1) is 0 Å². The number of furan rings is 1. The maximum Gasteiger partial charge on any atom is 0.326 e. The standard InChI is InChI=1S/C16H25NO5/c1-5-6-13-11(7-9-21-13)14(18)17-12(15(19)20)8-10-22-16(2,3)4/h7,9,12H,5-6,8,10H2,1-4H3,(H,17,18)(H,19,20). The van der Waals surface area contributed by atoms with Gasteiger partial charge in [-0.05, 0) is 33.3 Å². The van der Waals surface area contributed by atoms with E-state index in [2.05, 4.69) is 5.32 Å². The maximum absolute atomic E-state index is 12.2. The number of aryl methyl sites for hydroxylation is 1. The van der Waals surface area contributed by atoms with E-state index in [1.807, 2.05) is 27.7 Å². The van der Waals surface area contributed by atoms with Crippen molar-refractivity contribution in [2.45, 2.75) is 58.6 Å². The zero-order chi connectivity index (χ0) is 16.8. The van der Waals surface area contributed by atoms with Crippen LogP contribution in [-0.4, -0.2) is 35.2 Å². The third kappa shape index (κ3) is 5.89. The molecule has 0 saturated heterocycles. The van der Waals surface area contributed by atoms with E-state index in [1.165, 1.54) is 6.26 Å². The Hall–Kier alpha value is -1.82. The normalized spacial score (nSPS) is 12.9. The summed E-state index contributed by atoms with van der Waals surface area (Å²) >= 11 is 0. The van der Waals surface area contributed by atoms with Crippen LogP contribution in [-0.2, 0) is 16.0 Å². The number of carboxylic acids is 1. The van der Waals surface area contributed by atoms with E-state index in [0.717, 1.165) is 6.42 Å². The Labute approximate surface area is 130 Å². The van der Waals surface area contributed by atoms with Gasteiger partial charge in [-0.25, -0.2) is 4.79 Å². The lowest BCUT2D eigenvalue weighted by molar-refractivity contribution is -0.140. The van der Waals surface area contributed by atoms with Crippen LogP contribution in [0.4, 0.5) is 0 Å². The number of nitrogens with one attached hydrogen (secondary N) is 1. The smallest absolute Gasteiger partial charge is 0.326 e. The molecule has 2 N–H and O–H groups in total. The maximum atomic E-state index is 12.2. The molecule has 0 saturated carbocycles. The van der Waals surface area contributed by atoms with Crippen LogP contribution in [0.1, 0.15) is 56.7 Å². The number of carboxylic acid groups (broad SMARTS) is 1. The first-order valence-corrected chi connectivity index (χ1v) is 7.48. The number of rotatable bonds is 8. The quantitative estimate of drug-likeness (QED) is 0.770. The van der Waals surface area contributed by atoms with Gasteiger partial charge < -0.3 is 19.6 Å². The van der Waals surface area contributed by atoms with Crippen LogP contribution in [0.2, 0.25) is 0 Å². The van der Waals surface area contributed by atoms with Gasteiger partial charge in [-0.3, -0.25) is 4.79 Å². The van der Waals surface area contributed by atoms with Gasteiger partial charge in [0.25, 0.3) is 5.91 Å². The first-order valence-electron chi connectivity index (χ1n) is 7.48. The molecular weight excluding hydrogens is 286 g/mol. The number of hydrogen-bond donors (Lipinski definition) is 2. The predicted octanol–water partition coefficient (Wildman–Crippen LogP) is 2.62. The fraction of sp³-hybridized carbons (Fsp3) is 0.625. The van der Waals surface area contributed by atoms with E-state index in [9.17, 15) is 14.7 Å². The Morgan fingerprint density at radius 2 is 2.09 bits per heavy atom. The van der Waals surface area contributed by atoms with E-state index < -0.39 is 17.9 Å². The summed E-state index contributed by atoms with van der Waals surface area (Å²) in [4.78, 5) is 23.5. The van der Waals surface area contributed by atoms with Gasteiger partial charge in [0.15, 0.2) is 0 Å². The summed E-state index contributed by atoms with van der Waals surface area (Å²) < 4.78 is 10.8. The summed E-state index contributed by atoms with van der Waals surface area (Å²) in [6.45, 7) is 7.92. The topological polar surface area (TPSA) is 88.8 Å². The third-order valence-electron chi connectivity index (χ3n) is 3.01. The molecule has 1 atom stereocenters. The summed E-state index contributed by atoms with van der Waals surface area (Å²) in [5, 5.41) is 11.8. The summed E-state index contributed by atoms with van der Waals surface area (Å²) in [6.07, 6.45) is 3.13. The minimum absolute atomic E-state index is 0.208. The summed E-state index contributed by atoms with van der Waals surface area (Å²) in [5.41, 5.74) is 0.0520. The first-order chi connectivity index (χ1) is 10.2. The van der Waals surface area contributed by atoms with Crippen LogP contribution in [0.3, 0.4) is 0 Å². The SMILES string of the molecule is CCCc1occc1C(=O)NC(CCOC(C)(C)C)C(=O)O. The summed E-state index contributed by atoms with van der Waals surface area (Å²) in [6, 6.07) is 0.574. The van der Waals surface area contributed by atoms with E-state index in [0.29, 0.717) is 17.7 Å². The molecule has 0 bridgehead atoms. The molecule has 6 heteroatoms. The van der Waals surface area contributed by atoms with Crippen molar-refractivity contribution < 1.29 is 23.8 Å². The molecule has 1 amide bonds. The molecule has 124 valence electrons. The average Bonchev–Trinajstić information content (AvgIpc) is 2.84. The molecule has 0 fully saturated rings. The second kappa shape index (κ2) is 7.98. The van der Waals surface area contributed by atoms with Crippen molar-refractivity contribution >= 4 is 11.9 Å². The highest BCUT2D eigenvalue weighted by Crippen LogP contribution is 2.13.